The fourth-order valence-corrected chi connectivity index (χ4v) is 4.26. The Morgan fingerprint density at radius 1 is 1.25 bits per heavy atom. The van der Waals surface area contributed by atoms with Crippen LogP contribution in [0.1, 0.15) is 46.5 Å². The summed E-state index contributed by atoms with van der Waals surface area (Å²) in [6.07, 6.45) is 4.07. The molecule has 1 aliphatic carbocycles. The molecule has 0 bridgehead atoms. The van der Waals surface area contributed by atoms with E-state index in [9.17, 15) is 8.42 Å². The lowest BCUT2D eigenvalue weighted by Gasteiger charge is -2.24. The van der Waals surface area contributed by atoms with Crippen molar-refractivity contribution in [2.24, 2.45) is 11.8 Å². The maximum absolute atomic E-state index is 12.3. The SMILES string of the molecule is CCNCCCN(C)S(=O)(=O)NC1CCC(CC)C1C. The van der Waals surface area contributed by atoms with Crippen molar-refractivity contribution >= 4 is 10.2 Å². The van der Waals surface area contributed by atoms with Gasteiger partial charge in [-0.15, -0.1) is 0 Å². The second-order valence-electron chi connectivity index (χ2n) is 5.86. The molecule has 1 saturated carbocycles. The Balaban J connectivity index is 2.44. The zero-order chi connectivity index (χ0) is 15.2. The van der Waals surface area contributed by atoms with E-state index in [2.05, 4.69) is 23.9 Å². The van der Waals surface area contributed by atoms with E-state index in [-0.39, 0.29) is 6.04 Å². The van der Waals surface area contributed by atoms with E-state index in [0.29, 0.717) is 18.4 Å². The lowest BCUT2D eigenvalue weighted by Crippen LogP contribution is -2.45. The molecule has 0 saturated heterocycles. The molecule has 0 aromatic carbocycles. The normalized spacial score (nSPS) is 27.4. The molecule has 0 spiro atoms. The van der Waals surface area contributed by atoms with Gasteiger partial charge in [-0.3, -0.25) is 0 Å². The number of hydrogen-bond acceptors (Lipinski definition) is 3. The van der Waals surface area contributed by atoms with Crippen molar-refractivity contribution in [3.05, 3.63) is 0 Å². The van der Waals surface area contributed by atoms with Gasteiger partial charge >= 0.3 is 0 Å². The molecule has 20 heavy (non-hydrogen) atoms. The molecule has 3 unspecified atom stereocenters. The van der Waals surface area contributed by atoms with Crippen LogP contribution < -0.4 is 10.0 Å². The fourth-order valence-electron chi connectivity index (χ4n) is 3.00. The van der Waals surface area contributed by atoms with Gasteiger partial charge in [0.05, 0.1) is 0 Å². The van der Waals surface area contributed by atoms with Gasteiger partial charge in [0.15, 0.2) is 0 Å². The van der Waals surface area contributed by atoms with Crippen LogP contribution in [0, 0.1) is 11.8 Å². The highest BCUT2D eigenvalue weighted by Gasteiger charge is 2.34. The summed E-state index contributed by atoms with van der Waals surface area (Å²) in [6, 6.07) is 0.0983. The van der Waals surface area contributed by atoms with E-state index < -0.39 is 10.2 Å². The minimum absolute atomic E-state index is 0.0983. The van der Waals surface area contributed by atoms with E-state index >= 15 is 0 Å². The Hall–Kier alpha value is -0.170. The smallest absolute Gasteiger partial charge is 0.279 e. The van der Waals surface area contributed by atoms with Crippen molar-refractivity contribution in [1.82, 2.24) is 14.3 Å². The van der Waals surface area contributed by atoms with Gasteiger partial charge in [0.25, 0.3) is 10.2 Å². The zero-order valence-electron chi connectivity index (χ0n) is 13.4. The van der Waals surface area contributed by atoms with Crippen LogP contribution in [0.4, 0.5) is 0 Å². The average molecular weight is 305 g/mol. The summed E-state index contributed by atoms with van der Waals surface area (Å²) in [6.45, 7) is 8.74. The number of nitrogens with one attached hydrogen (secondary N) is 2. The fraction of sp³-hybridized carbons (Fsp3) is 1.00. The molecular weight excluding hydrogens is 274 g/mol. The molecule has 1 aliphatic rings. The van der Waals surface area contributed by atoms with Gasteiger partial charge in [-0.25, -0.2) is 0 Å². The molecule has 3 atom stereocenters. The van der Waals surface area contributed by atoms with Crippen LogP contribution in [-0.4, -0.2) is 45.4 Å². The van der Waals surface area contributed by atoms with Crippen molar-refractivity contribution in [1.29, 1.82) is 0 Å². The van der Waals surface area contributed by atoms with Gasteiger partial charge in [0.2, 0.25) is 0 Å². The van der Waals surface area contributed by atoms with E-state index in [0.717, 1.165) is 38.8 Å². The summed E-state index contributed by atoms with van der Waals surface area (Å²) in [5.41, 5.74) is 0. The summed E-state index contributed by atoms with van der Waals surface area (Å²) in [5.74, 6) is 1.09. The predicted octanol–water partition coefficient (Wildman–Crippen LogP) is 1.58. The molecule has 0 aliphatic heterocycles. The minimum Gasteiger partial charge on any atom is -0.317 e. The monoisotopic (exact) mass is 305 g/mol. The molecular formula is C14H31N3O2S. The van der Waals surface area contributed by atoms with Crippen LogP contribution in [0.25, 0.3) is 0 Å². The molecule has 0 aromatic rings. The third-order valence-electron chi connectivity index (χ3n) is 4.54. The van der Waals surface area contributed by atoms with Crippen LogP contribution in [0.5, 0.6) is 0 Å². The second-order valence-corrected chi connectivity index (χ2v) is 7.67. The summed E-state index contributed by atoms with van der Waals surface area (Å²) in [4.78, 5) is 0. The first-order valence-corrected chi connectivity index (χ1v) is 9.30. The maximum atomic E-state index is 12.3. The Kier molecular flexibility index (Phi) is 7.43. The van der Waals surface area contributed by atoms with Crippen molar-refractivity contribution in [2.45, 2.75) is 52.5 Å². The lowest BCUT2D eigenvalue weighted by atomic mass is 9.94. The third kappa shape index (κ3) is 4.98. The van der Waals surface area contributed by atoms with E-state index in [1.807, 2.05) is 6.92 Å². The Bertz CT molecular complexity index is 373. The first-order valence-electron chi connectivity index (χ1n) is 7.86. The molecule has 0 heterocycles. The highest BCUT2D eigenvalue weighted by molar-refractivity contribution is 7.87. The highest BCUT2D eigenvalue weighted by atomic mass is 32.2. The zero-order valence-corrected chi connectivity index (χ0v) is 14.2. The quantitative estimate of drug-likeness (QED) is 0.636. The maximum Gasteiger partial charge on any atom is 0.279 e. The van der Waals surface area contributed by atoms with E-state index in [1.165, 1.54) is 4.31 Å². The highest BCUT2D eigenvalue weighted by Crippen LogP contribution is 2.34. The lowest BCUT2D eigenvalue weighted by molar-refractivity contribution is 0.360. The second kappa shape index (κ2) is 8.32. The van der Waals surface area contributed by atoms with E-state index in [1.54, 1.807) is 7.05 Å². The molecule has 120 valence electrons. The Morgan fingerprint density at radius 2 is 1.95 bits per heavy atom. The van der Waals surface area contributed by atoms with Gasteiger partial charge in [-0.2, -0.15) is 17.4 Å². The average Bonchev–Trinajstić information content (AvgIpc) is 2.75. The van der Waals surface area contributed by atoms with Gasteiger partial charge < -0.3 is 5.32 Å². The molecule has 5 nitrogen and oxygen atoms in total. The molecule has 1 fully saturated rings. The molecule has 6 heteroatoms. The van der Waals surface area contributed by atoms with Crippen LogP contribution in [-0.2, 0) is 10.2 Å². The topological polar surface area (TPSA) is 61.4 Å². The molecule has 0 aromatic heterocycles. The molecule has 0 amide bonds. The standard InChI is InChI=1S/C14H31N3O2S/c1-5-13-8-9-14(12(13)3)16-20(18,19)17(4)11-7-10-15-6-2/h12-16H,5-11H2,1-4H3. The van der Waals surface area contributed by atoms with Crippen molar-refractivity contribution in [2.75, 3.05) is 26.7 Å². The Labute approximate surface area is 124 Å². The van der Waals surface area contributed by atoms with Crippen LogP contribution in [0.15, 0.2) is 0 Å². The predicted molar refractivity (Wildman–Crippen MR) is 83.8 cm³/mol. The summed E-state index contributed by atoms with van der Waals surface area (Å²) in [7, 11) is -1.68. The van der Waals surface area contributed by atoms with Crippen LogP contribution in [0.3, 0.4) is 0 Å². The van der Waals surface area contributed by atoms with Crippen LogP contribution in [0.2, 0.25) is 0 Å². The number of hydrogen-bond donors (Lipinski definition) is 2. The Morgan fingerprint density at radius 3 is 2.50 bits per heavy atom. The summed E-state index contributed by atoms with van der Waals surface area (Å²) >= 11 is 0. The first-order chi connectivity index (χ1) is 9.42. The largest absolute Gasteiger partial charge is 0.317 e. The van der Waals surface area contributed by atoms with Crippen molar-refractivity contribution in [3.8, 4) is 0 Å². The van der Waals surface area contributed by atoms with Gasteiger partial charge in [0, 0.05) is 19.6 Å². The molecule has 1 rings (SSSR count). The number of nitrogens with zero attached hydrogens (tertiary/aromatic N) is 1. The van der Waals surface area contributed by atoms with E-state index in [4.69, 9.17) is 0 Å². The molecule has 2 N–H and O–H groups in total. The first kappa shape index (κ1) is 17.9. The van der Waals surface area contributed by atoms with Crippen molar-refractivity contribution < 1.29 is 8.42 Å². The summed E-state index contributed by atoms with van der Waals surface area (Å²) in [5, 5.41) is 3.21. The van der Waals surface area contributed by atoms with Crippen LogP contribution >= 0.6 is 0 Å². The summed E-state index contributed by atoms with van der Waals surface area (Å²) < 4.78 is 28.9. The van der Waals surface area contributed by atoms with Crippen molar-refractivity contribution in [3.63, 3.8) is 0 Å². The van der Waals surface area contributed by atoms with Gasteiger partial charge in [-0.1, -0.05) is 27.2 Å². The molecule has 0 radical (unpaired) electrons. The van der Waals surface area contributed by atoms with Gasteiger partial charge in [-0.05, 0) is 44.2 Å². The third-order valence-corrected chi connectivity index (χ3v) is 6.14. The number of rotatable bonds is 9. The minimum atomic E-state index is -3.34. The van der Waals surface area contributed by atoms with Gasteiger partial charge in [0.1, 0.15) is 0 Å².